The molecule has 1 atom stereocenters. The number of hydrogen-bond donors (Lipinski definition) is 7. The maximum Gasteiger partial charge on any atom is 0.338 e. The van der Waals surface area contributed by atoms with Gasteiger partial charge in [-0.2, -0.15) is 0 Å². The number of carbonyl (C=O) groups excluding carboxylic acids is 2. The molecule has 234 valence electrons. The SMILES string of the molecule is CNc1cc2oc3c(O)c(=O)cc(C(=O)O)c-3nc2cc1NCCCCCCNC(=O)CCCCC1=C2NC(=O)NC2CS1. The van der Waals surface area contributed by atoms with Gasteiger partial charge in [0.15, 0.2) is 11.3 Å². The number of nitrogens with one attached hydrogen (secondary N) is 5. The molecule has 0 aromatic heterocycles. The number of thioether (sulfide) groups is 1. The average molecular weight is 625 g/mol. The minimum absolute atomic E-state index is 0.0697. The smallest absolute Gasteiger partial charge is 0.338 e. The summed E-state index contributed by atoms with van der Waals surface area (Å²) in [4.78, 5) is 52.9. The Morgan fingerprint density at radius 3 is 2.64 bits per heavy atom. The highest BCUT2D eigenvalue weighted by Crippen LogP contribution is 2.37. The number of aromatic carboxylic acids is 1. The second-order valence-electron chi connectivity index (χ2n) is 10.8. The van der Waals surface area contributed by atoms with E-state index in [-0.39, 0.29) is 40.6 Å². The Bertz CT molecular complexity index is 1640. The molecule has 0 bridgehead atoms. The van der Waals surface area contributed by atoms with Crippen LogP contribution in [0.2, 0.25) is 0 Å². The number of carboxylic acids is 1. The molecule has 1 aliphatic carbocycles. The minimum atomic E-state index is -1.34. The molecule has 1 unspecified atom stereocenters. The van der Waals surface area contributed by atoms with E-state index in [4.69, 9.17) is 4.42 Å². The molecule has 0 saturated carbocycles. The van der Waals surface area contributed by atoms with Crippen LogP contribution in [0.5, 0.6) is 5.75 Å². The molecule has 7 N–H and O–H groups in total. The second kappa shape index (κ2) is 13.9. The number of urea groups is 1. The predicted molar refractivity (Wildman–Crippen MR) is 168 cm³/mol. The lowest BCUT2D eigenvalue weighted by molar-refractivity contribution is -0.121. The third kappa shape index (κ3) is 7.01. The molecule has 5 rings (SSSR count). The Kier molecular flexibility index (Phi) is 9.78. The number of nitrogens with zero attached hydrogens (tertiary/aromatic N) is 1. The monoisotopic (exact) mass is 624 g/mol. The number of aromatic hydroxyl groups is 1. The summed E-state index contributed by atoms with van der Waals surface area (Å²) in [6.45, 7) is 1.34. The van der Waals surface area contributed by atoms with Gasteiger partial charge >= 0.3 is 12.0 Å². The number of anilines is 2. The number of hydrogen-bond acceptors (Lipinski definition) is 10. The third-order valence-corrected chi connectivity index (χ3v) is 8.94. The zero-order valence-electron chi connectivity index (χ0n) is 24.4. The summed E-state index contributed by atoms with van der Waals surface area (Å²) in [5.74, 6) is -1.35. The number of allylic oxidation sites excluding steroid dienone is 1. The molecule has 1 fully saturated rings. The van der Waals surface area contributed by atoms with Gasteiger partial charge < -0.3 is 41.2 Å². The van der Waals surface area contributed by atoms with Gasteiger partial charge in [0.1, 0.15) is 11.2 Å². The second-order valence-corrected chi connectivity index (χ2v) is 11.9. The van der Waals surface area contributed by atoms with Crippen molar-refractivity contribution in [1.29, 1.82) is 0 Å². The zero-order chi connectivity index (χ0) is 31.2. The van der Waals surface area contributed by atoms with Gasteiger partial charge in [0, 0.05) is 49.3 Å². The highest BCUT2D eigenvalue weighted by Gasteiger charge is 2.33. The van der Waals surface area contributed by atoms with Crippen molar-refractivity contribution in [2.75, 3.05) is 36.5 Å². The van der Waals surface area contributed by atoms with E-state index in [0.29, 0.717) is 30.7 Å². The van der Waals surface area contributed by atoms with Crippen LogP contribution in [0.15, 0.2) is 38.0 Å². The number of fused-ring (bicyclic) bond motifs is 3. The van der Waals surface area contributed by atoms with Crippen molar-refractivity contribution in [3.63, 3.8) is 0 Å². The van der Waals surface area contributed by atoms with Gasteiger partial charge in [0.05, 0.1) is 28.7 Å². The molecule has 4 aliphatic rings. The van der Waals surface area contributed by atoms with Crippen LogP contribution in [0.4, 0.5) is 16.2 Å². The van der Waals surface area contributed by atoms with E-state index >= 15 is 0 Å². The maximum absolute atomic E-state index is 12.2. The summed E-state index contributed by atoms with van der Waals surface area (Å²) in [5.41, 5.74) is 1.85. The summed E-state index contributed by atoms with van der Waals surface area (Å²) >= 11 is 1.78. The van der Waals surface area contributed by atoms with Crippen molar-refractivity contribution in [3.8, 4) is 17.2 Å². The Labute approximate surface area is 257 Å². The maximum atomic E-state index is 12.2. The number of benzene rings is 2. The van der Waals surface area contributed by atoms with Crippen LogP contribution in [-0.2, 0) is 4.79 Å². The Morgan fingerprint density at radius 1 is 1.07 bits per heavy atom. The first-order valence-electron chi connectivity index (χ1n) is 14.7. The molecule has 1 aromatic rings. The number of unbranched alkanes of at least 4 members (excludes halogenated alkanes) is 4. The van der Waals surface area contributed by atoms with Crippen LogP contribution in [0.1, 0.15) is 61.7 Å². The van der Waals surface area contributed by atoms with Gasteiger partial charge in [0.2, 0.25) is 17.1 Å². The highest BCUT2D eigenvalue weighted by molar-refractivity contribution is 8.03. The molecule has 0 radical (unpaired) electrons. The van der Waals surface area contributed by atoms with E-state index in [1.54, 1.807) is 30.9 Å². The van der Waals surface area contributed by atoms with Gasteiger partial charge in [-0.1, -0.05) is 12.8 Å². The van der Waals surface area contributed by atoms with E-state index in [2.05, 4.69) is 31.6 Å². The zero-order valence-corrected chi connectivity index (χ0v) is 25.2. The molecule has 44 heavy (non-hydrogen) atoms. The summed E-state index contributed by atoms with van der Waals surface area (Å²) in [5, 5.41) is 34.9. The molecule has 13 nitrogen and oxygen atoms in total. The fourth-order valence-electron chi connectivity index (χ4n) is 5.35. The largest absolute Gasteiger partial charge is 0.501 e. The topological polar surface area (TPSA) is 195 Å². The van der Waals surface area contributed by atoms with E-state index in [9.17, 15) is 29.4 Å². The van der Waals surface area contributed by atoms with Crippen LogP contribution < -0.4 is 32.0 Å². The molecule has 3 heterocycles. The number of phenolic OH excluding ortho intramolecular Hbond substituents is 1. The number of carboxylic acid groups (broad SMARTS) is 1. The normalized spacial score (nSPS) is 15.8. The molecule has 1 aromatic carbocycles. The highest BCUT2D eigenvalue weighted by atomic mass is 32.2. The molecule has 3 amide bonds. The molecule has 3 aliphatic heterocycles. The summed E-state index contributed by atoms with van der Waals surface area (Å²) < 4.78 is 5.72. The number of rotatable bonds is 15. The number of amides is 3. The number of phenols is 1. The lowest BCUT2D eigenvalue weighted by Gasteiger charge is -2.15. The van der Waals surface area contributed by atoms with Crippen molar-refractivity contribution >= 4 is 52.1 Å². The Hall–Kier alpha value is -4.46. The van der Waals surface area contributed by atoms with Crippen molar-refractivity contribution in [3.05, 3.63) is 44.6 Å². The van der Waals surface area contributed by atoms with E-state index in [1.807, 2.05) is 0 Å². The van der Waals surface area contributed by atoms with Crippen molar-refractivity contribution in [1.82, 2.24) is 20.9 Å². The Balaban J connectivity index is 1.02. The molecular formula is C30H36N6O7S. The molecule has 0 spiro atoms. The quantitative estimate of drug-likeness (QED) is 0.0953. The van der Waals surface area contributed by atoms with Crippen LogP contribution in [0.3, 0.4) is 0 Å². The van der Waals surface area contributed by atoms with Gasteiger partial charge in [-0.3, -0.25) is 9.59 Å². The lowest BCUT2D eigenvalue weighted by atomic mass is 10.1. The lowest BCUT2D eigenvalue weighted by Crippen LogP contribution is -2.27. The van der Waals surface area contributed by atoms with Gasteiger partial charge in [0.25, 0.3) is 0 Å². The van der Waals surface area contributed by atoms with E-state index in [0.717, 1.165) is 68.1 Å². The van der Waals surface area contributed by atoms with Gasteiger partial charge in [-0.25, -0.2) is 14.6 Å². The third-order valence-electron chi connectivity index (χ3n) is 7.66. The van der Waals surface area contributed by atoms with Crippen LogP contribution in [0.25, 0.3) is 22.6 Å². The van der Waals surface area contributed by atoms with Crippen molar-refractivity contribution in [2.45, 2.75) is 57.4 Å². The number of carbonyl (C=O) groups is 3. The standard InChI is InChI=1S/C30H36N6O7S/c1-31-17-14-22-19(34-25-16(29(40)41)12-21(37)27(39)28(25)43-22)13-18(17)32-10-6-2-3-7-11-33-24(38)9-5-4-8-23-26-20(15-44-23)35-30(42)36-26/h12-14,20,31-32,39H,2-11,15H2,1H3,(H,33,38)(H,40,41)(H2,35,36,42). The molecule has 1 saturated heterocycles. The fourth-order valence-corrected chi connectivity index (χ4v) is 6.61. The fraction of sp³-hybridized carbons (Fsp3) is 0.433. The summed E-state index contributed by atoms with van der Waals surface area (Å²) in [7, 11) is 1.75. The average Bonchev–Trinajstić information content (AvgIpc) is 3.56. The predicted octanol–water partition coefficient (Wildman–Crippen LogP) is 4.03. The van der Waals surface area contributed by atoms with Crippen LogP contribution in [0, 0.1) is 0 Å². The summed E-state index contributed by atoms with van der Waals surface area (Å²) in [6, 6.07) is 4.24. The van der Waals surface area contributed by atoms with E-state index < -0.39 is 17.1 Å². The Morgan fingerprint density at radius 2 is 1.86 bits per heavy atom. The van der Waals surface area contributed by atoms with Crippen molar-refractivity contribution in [2.24, 2.45) is 0 Å². The molecule has 14 heteroatoms. The van der Waals surface area contributed by atoms with Gasteiger partial charge in [-0.05, 0) is 38.2 Å². The first kappa shape index (κ1) is 31.0. The molecular weight excluding hydrogens is 588 g/mol. The van der Waals surface area contributed by atoms with Crippen LogP contribution in [-0.4, -0.2) is 65.0 Å². The van der Waals surface area contributed by atoms with Crippen molar-refractivity contribution < 1.29 is 29.0 Å². The van der Waals surface area contributed by atoms with E-state index in [1.165, 1.54) is 4.91 Å². The first-order valence-corrected chi connectivity index (χ1v) is 15.7. The van der Waals surface area contributed by atoms with Gasteiger partial charge in [-0.15, -0.1) is 11.8 Å². The summed E-state index contributed by atoms with van der Waals surface area (Å²) in [6.07, 6.45) is 6.87. The first-order chi connectivity index (χ1) is 21.2. The van der Waals surface area contributed by atoms with Crippen LogP contribution >= 0.6 is 11.8 Å². The minimum Gasteiger partial charge on any atom is -0.501 e. The number of aromatic nitrogens is 1.